The molecule has 0 atom stereocenters. The number of hydrogen-bond donors (Lipinski definition) is 1. The van der Waals surface area contributed by atoms with Gasteiger partial charge in [0.25, 0.3) is 5.91 Å². The molecule has 1 fully saturated rings. The van der Waals surface area contributed by atoms with Crippen molar-refractivity contribution in [1.82, 2.24) is 10.3 Å². The average Bonchev–Trinajstić information content (AvgIpc) is 3.76. The summed E-state index contributed by atoms with van der Waals surface area (Å²) in [5.41, 5.74) is -0.317. The van der Waals surface area contributed by atoms with Crippen LogP contribution in [-0.4, -0.2) is 35.5 Å². The third-order valence-electron chi connectivity index (χ3n) is 6.22. The predicted octanol–water partition coefficient (Wildman–Crippen LogP) is 5.21. The molecule has 0 unspecified atom stereocenters. The Morgan fingerprint density at radius 1 is 0.925 bits per heavy atom. The van der Waals surface area contributed by atoms with Gasteiger partial charge in [0.05, 0.1) is 13.0 Å². The van der Waals surface area contributed by atoms with Gasteiger partial charge in [-0.3, -0.25) is 9.59 Å². The number of ether oxygens (including phenoxy) is 3. The molecule has 0 bridgehead atoms. The summed E-state index contributed by atoms with van der Waals surface area (Å²) in [6.45, 7) is 4.41. The van der Waals surface area contributed by atoms with E-state index in [-0.39, 0.29) is 28.9 Å². The molecule has 8 nitrogen and oxygen atoms in total. The van der Waals surface area contributed by atoms with Crippen LogP contribution in [0, 0.1) is 17.6 Å². The van der Waals surface area contributed by atoms with Gasteiger partial charge in [-0.2, -0.15) is 0 Å². The molecule has 1 N–H and O–H groups in total. The fourth-order valence-corrected chi connectivity index (χ4v) is 3.87. The molecule has 1 amide bonds. The van der Waals surface area contributed by atoms with Gasteiger partial charge in [-0.15, -0.1) is 0 Å². The highest BCUT2D eigenvalue weighted by Crippen LogP contribution is 2.35. The number of nitrogens with zero attached hydrogens (tertiary/aromatic N) is 1. The van der Waals surface area contributed by atoms with Crippen molar-refractivity contribution in [1.29, 1.82) is 0 Å². The summed E-state index contributed by atoms with van der Waals surface area (Å²) in [6, 6.07) is 12.5. The summed E-state index contributed by atoms with van der Waals surface area (Å²) in [7, 11) is 1.36. The van der Waals surface area contributed by atoms with Gasteiger partial charge in [0.2, 0.25) is 5.75 Å². The Hall–Kier alpha value is -4.60. The minimum Gasteiger partial charge on any atom is -0.493 e. The number of pyridine rings is 1. The molecule has 208 valence electrons. The van der Waals surface area contributed by atoms with E-state index in [0.717, 1.165) is 0 Å². The van der Waals surface area contributed by atoms with E-state index in [4.69, 9.17) is 14.2 Å². The topological polar surface area (TPSA) is 104 Å². The Balaban J connectivity index is 1.60. The van der Waals surface area contributed by atoms with Crippen LogP contribution in [-0.2, 0) is 14.3 Å². The SMILES string of the molecule is COc1ccnc(C(=O)NC(C)(C)C(=O)OC(C)=C(c2ccc(F)cc2)c2ccc(F)cc2)c1OC(=O)C1CC1. The van der Waals surface area contributed by atoms with Gasteiger partial charge < -0.3 is 19.5 Å². The number of rotatable bonds is 9. The van der Waals surface area contributed by atoms with Crippen molar-refractivity contribution in [2.75, 3.05) is 7.11 Å². The van der Waals surface area contributed by atoms with Crippen molar-refractivity contribution in [3.8, 4) is 11.5 Å². The van der Waals surface area contributed by atoms with Crippen LogP contribution in [0.2, 0.25) is 0 Å². The highest BCUT2D eigenvalue weighted by molar-refractivity contribution is 6.00. The summed E-state index contributed by atoms with van der Waals surface area (Å²) in [4.78, 5) is 42.9. The zero-order valence-electron chi connectivity index (χ0n) is 22.4. The Kier molecular flexibility index (Phi) is 8.27. The largest absolute Gasteiger partial charge is 0.493 e. The first-order valence-corrected chi connectivity index (χ1v) is 12.5. The molecule has 4 rings (SSSR count). The van der Waals surface area contributed by atoms with Crippen LogP contribution < -0.4 is 14.8 Å². The number of benzene rings is 2. The van der Waals surface area contributed by atoms with E-state index in [1.165, 1.54) is 88.7 Å². The van der Waals surface area contributed by atoms with Crippen molar-refractivity contribution >= 4 is 23.4 Å². The Labute approximate surface area is 230 Å². The van der Waals surface area contributed by atoms with E-state index < -0.39 is 35.0 Å². The van der Waals surface area contributed by atoms with Crippen LogP contribution in [0.1, 0.15) is 55.2 Å². The summed E-state index contributed by atoms with van der Waals surface area (Å²) in [6.07, 6.45) is 2.72. The lowest BCUT2D eigenvalue weighted by Crippen LogP contribution is -2.50. The molecule has 1 saturated carbocycles. The lowest BCUT2D eigenvalue weighted by atomic mass is 9.96. The van der Waals surface area contributed by atoms with Gasteiger partial charge in [-0.05, 0) is 69.0 Å². The monoisotopic (exact) mass is 550 g/mol. The number of amides is 1. The molecule has 0 saturated heterocycles. The number of carbonyl (C=O) groups is 3. The summed E-state index contributed by atoms with van der Waals surface area (Å²) >= 11 is 0. The number of hydrogen-bond acceptors (Lipinski definition) is 7. The molecule has 0 aliphatic heterocycles. The van der Waals surface area contributed by atoms with E-state index in [9.17, 15) is 23.2 Å². The first-order valence-electron chi connectivity index (χ1n) is 12.5. The van der Waals surface area contributed by atoms with Crippen LogP contribution in [0.25, 0.3) is 5.57 Å². The van der Waals surface area contributed by atoms with Crippen molar-refractivity contribution in [2.24, 2.45) is 5.92 Å². The van der Waals surface area contributed by atoms with Gasteiger partial charge in [0.15, 0.2) is 11.4 Å². The van der Waals surface area contributed by atoms with Gasteiger partial charge >= 0.3 is 11.9 Å². The maximum atomic E-state index is 13.6. The maximum Gasteiger partial charge on any atom is 0.336 e. The van der Waals surface area contributed by atoms with E-state index in [1.807, 2.05) is 0 Å². The number of halogens is 2. The summed E-state index contributed by atoms with van der Waals surface area (Å²) in [5.74, 6) is -3.11. The molecule has 10 heteroatoms. The minimum absolute atomic E-state index is 0.136. The number of carbonyl (C=O) groups excluding carboxylic acids is 3. The first-order chi connectivity index (χ1) is 19.0. The quantitative estimate of drug-likeness (QED) is 0.288. The number of allylic oxidation sites excluding steroid dienone is 1. The van der Waals surface area contributed by atoms with Crippen molar-refractivity contribution in [2.45, 2.75) is 39.2 Å². The summed E-state index contributed by atoms with van der Waals surface area (Å²) in [5, 5.41) is 2.58. The number of nitrogens with one attached hydrogen (secondary N) is 1. The second kappa shape index (κ2) is 11.6. The molecular weight excluding hydrogens is 522 g/mol. The van der Waals surface area contributed by atoms with Crippen molar-refractivity contribution in [3.05, 3.63) is 95.0 Å². The maximum absolute atomic E-state index is 13.6. The molecule has 1 aromatic heterocycles. The molecule has 1 aliphatic carbocycles. The molecule has 0 radical (unpaired) electrons. The normalized spacial score (nSPS) is 12.8. The molecule has 2 aromatic carbocycles. The van der Waals surface area contributed by atoms with Crippen LogP contribution in [0.4, 0.5) is 8.78 Å². The zero-order chi connectivity index (χ0) is 29.0. The fourth-order valence-electron chi connectivity index (χ4n) is 3.87. The van der Waals surface area contributed by atoms with Crippen LogP contribution in [0.5, 0.6) is 11.5 Å². The van der Waals surface area contributed by atoms with Gasteiger partial charge in [0, 0.05) is 17.8 Å². The molecule has 1 heterocycles. The standard InChI is InChI=1S/C30H28F2N2O6/c1-17(24(18-7-11-21(31)12-8-18)19-9-13-22(32)14-10-19)39-29(37)30(2,3)34-27(35)25-26(23(38-4)15-16-33-25)40-28(36)20-5-6-20/h7-16,20H,5-6H2,1-4H3,(H,34,35). The Morgan fingerprint density at radius 2 is 1.48 bits per heavy atom. The first kappa shape index (κ1) is 28.4. The Bertz CT molecular complexity index is 1420. The van der Waals surface area contributed by atoms with Crippen LogP contribution in [0.3, 0.4) is 0 Å². The molecule has 40 heavy (non-hydrogen) atoms. The van der Waals surface area contributed by atoms with Gasteiger partial charge in [-0.1, -0.05) is 24.3 Å². The second-order valence-corrected chi connectivity index (χ2v) is 9.80. The second-order valence-electron chi connectivity index (χ2n) is 9.80. The highest BCUT2D eigenvalue weighted by atomic mass is 19.1. The third kappa shape index (κ3) is 6.51. The molecule has 1 aliphatic rings. The zero-order valence-corrected chi connectivity index (χ0v) is 22.4. The molecule has 3 aromatic rings. The van der Waals surface area contributed by atoms with Gasteiger partial charge in [0.1, 0.15) is 22.9 Å². The number of aromatic nitrogens is 1. The van der Waals surface area contributed by atoms with Crippen LogP contribution >= 0.6 is 0 Å². The fraction of sp³-hybridized carbons (Fsp3) is 0.267. The minimum atomic E-state index is -1.57. The highest BCUT2D eigenvalue weighted by Gasteiger charge is 2.36. The van der Waals surface area contributed by atoms with E-state index in [2.05, 4.69) is 10.3 Å². The number of methoxy groups -OCH3 is 1. The van der Waals surface area contributed by atoms with Crippen molar-refractivity contribution < 1.29 is 37.4 Å². The Morgan fingerprint density at radius 3 is 1.98 bits per heavy atom. The van der Waals surface area contributed by atoms with E-state index in [0.29, 0.717) is 29.5 Å². The van der Waals surface area contributed by atoms with E-state index in [1.54, 1.807) is 0 Å². The predicted molar refractivity (Wildman–Crippen MR) is 141 cm³/mol. The summed E-state index contributed by atoms with van der Waals surface area (Å²) < 4.78 is 43.5. The van der Waals surface area contributed by atoms with Crippen molar-refractivity contribution in [3.63, 3.8) is 0 Å². The average molecular weight is 551 g/mol. The smallest absolute Gasteiger partial charge is 0.336 e. The molecule has 0 spiro atoms. The third-order valence-corrected chi connectivity index (χ3v) is 6.22. The number of esters is 2. The lowest BCUT2D eigenvalue weighted by molar-refractivity contribution is -0.145. The van der Waals surface area contributed by atoms with Gasteiger partial charge in [-0.25, -0.2) is 18.6 Å². The lowest BCUT2D eigenvalue weighted by Gasteiger charge is -2.25. The van der Waals surface area contributed by atoms with Crippen LogP contribution in [0.15, 0.2) is 66.6 Å². The molecular formula is C30H28F2N2O6. The van der Waals surface area contributed by atoms with E-state index >= 15 is 0 Å².